The van der Waals surface area contributed by atoms with E-state index in [-0.39, 0.29) is 10.9 Å². The number of hydrogen-bond acceptors (Lipinski definition) is 3. The molecule has 0 fully saturated rings. The summed E-state index contributed by atoms with van der Waals surface area (Å²) in [5.41, 5.74) is 0.835. The lowest BCUT2D eigenvalue weighted by molar-refractivity contribution is 0.535. The molecule has 0 aromatic heterocycles. The molecule has 0 bridgehead atoms. The van der Waals surface area contributed by atoms with Gasteiger partial charge in [0.05, 0.1) is 4.90 Å². The molecule has 0 unspecified atom stereocenters. The lowest BCUT2D eigenvalue weighted by Crippen LogP contribution is -2.39. The number of benzene rings is 1. The van der Waals surface area contributed by atoms with Gasteiger partial charge in [-0.2, -0.15) is 0 Å². The third kappa shape index (κ3) is 4.26. The minimum Gasteiger partial charge on any atom is -0.313 e. The molecule has 2 N–H and O–H groups in total. The van der Waals surface area contributed by atoms with Crippen molar-refractivity contribution in [2.24, 2.45) is 0 Å². The number of hydrogen-bond donors (Lipinski definition) is 2. The summed E-state index contributed by atoms with van der Waals surface area (Å²) in [5, 5.41) is 3.12. The van der Waals surface area contributed by atoms with Gasteiger partial charge in [0.15, 0.2) is 0 Å². The molecule has 0 saturated heterocycles. The molecular weight excluding hydrogens is 267 g/mol. The maximum absolute atomic E-state index is 13.2. The Labute approximate surface area is 114 Å². The van der Waals surface area contributed by atoms with Gasteiger partial charge >= 0.3 is 0 Å². The molecule has 19 heavy (non-hydrogen) atoms. The molecule has 0 aliphatic carbocycles. The molecule has 1 aromatic carbocycles. The highest BCUT2D eigenvalue weighted by atomic mass is 32.2. The number of sulfonamides is 1. The smallest absolute Gasteiger partial charge is 0.241 e. The zero-order valence-electron chi connectivity index (χ0n) is 11.7. The molecule has 1 aromatic rings. The average molecular weight is 288 g/mol. The quantitative estimate of drug-likeness (QED) is 0.838. The van der Waals surface area contributed by atoms with E-state index in [1.54, 1.807) is 13.8 Å². The Morgan fingerprint density at radius 1 is 1.26 bits per heavy atom. The first-order valence-electron chi connectivity index (χ1n) is 6.27. The third-order valence-corrected chi connectivity index (χ3v) is 4.55. The zero-order chi connectivity index (χ0) is 14.6. The SMILES string of the molecule is CCN[C@H](C)CNS(=O)(=O)c1c(C)cc(F)cc1C. The Bertz CT molecular complexity index is 521. The maximum Gasteiger partial charge on any atom is 0.241 e. The summed E-state index contributed by atoms with van der Waals surface area (Å²) < 4.78 is 40.2. The van der Waals surface area contributed by atoms with Gasteiger partial charge < -0.3 is 5.32 Å². The van der Waals surface area contributed by atoms with Crippen LogP contribution in [0, 0.1) is 19.7 Å². The van der Waals surface area contributed by atoms with Gasteiger partial charge in [-0.15, -0.1) is 0 Å². The van der Waals surface area contributed by atoms with Crippen LogP contribution in [0.5, 0.6) is 0 Å². The number of rotatable bonds is 6. The molecular formula is C13H21FN2O2S. The second-order valence-corrected chi connectivity index (χ2v) is 6.38. The summed E-state index contributed by atoms with van der Waals surface area (Å²) in [7, 11) is -3.61. The third-order valence-electron chi connectivity index (χ3n) is 2.83. The van der Waals surface area contributed by atoms with Crippen LogP contribution >= 0.6 is 0 Å². The first kappa shape index (κ1) is 16.1. The summed E-state index contributed by atoms with van der Waals surface area (Å²) in [4.78, 5) is 0.164. The number of aryl methyl sites for hydroxylation is 2. The largest absolute Gasteiger partial charge is 0.313 e. The molecule has 0 aliphatic rings. The van der Waals surface area contributed by atoms with E-state index in [2.05, 4.69) is 10.0 Å². The molecule has 0 heterocycles. The van der Waals surface area contributed by atoms with Crippen molar-refractivity contribution in [1.82, 2.24) is 10.0 Å². The van der Waals surface area contributed by atoms with Crippen LogP contribution in [0.3, 0.4) is 0 Å². The second-order valence-electron chi connectivity index (χ2n) is 4.68. The van der Waals surface area contributed by atoms with Gasteiger partial charge in [-0.3, -0.25) is 0 Å². The van der Waals surface area contributed by atoms with Gasteiger partial charge in [0.1, 0.15) is 5.82 Å². The predicted molar refractivity (Wildman–Crippen MR) is 74.2 cm³/mol. The summed E-state index contributed by atoms with van der Waals surface area (Å²) in [6.45, 7) is 8.12. The molecule has 0 amide bonds. The van der Waals surface area contributed by atoms with Crippen LogP contribution in [0.25, 0.3) is 0 Å². The number of halogens is 1. The van der Waals surface area contributed by atoms with Crippen molar-refractivity contribution in [2.45, 2.75) is 38.6 Å². The Morgan fingerprint density at radius 2 is 1.79 bits per heavy atom. The van der Waals surface area contributed by atoms with Crippen molar-refractivity contribution >= 4 is 10.0 Å². The highest BCUT2D eigenvalue weighted by Gasteiger charge is 2.20. The van der Waals surface area contributed by atoms with Crippen molar-refractivity contribution in [1.29, 1.82) is 0 Å². The predicted octanol–water partition coefficient (Wildman–Crippen LogP) is 1.72. The van der Waals surface area contributed by atoms with Crippen LogP contribution in [0.15, 0.2) is 17.0 Å². The molecule has 108 valence electrons. The van der Waals surface area contributed by atoms with Crippen LogP contribution in [-0.4, -0.2) is 27.5 Å². The minimum atomic E-state index is -3.61. The molecule has 6 heteroatoms. The first-order valence-corrected chi connectivity index (χ1v) is 7.76. The van der Waals surface area contributed by atoms with Crippen LogP contribution in [0.2, 0.25) is 0 Å². The van der Waals surface area contributed by atoms with Gasteiger partial charge in [0, 0.05) is 12.6 Å². The van der Waals surface area contributed by atoms with Gasteiger partial charge in [0.2, 0.25) is 10.0 Å². The molecule has 0 saturated carbocycles. The Hall–Kier alpha value is -0.980. The van der Waals surface area contributed by atoms with Gasteiger partial charge in [-0.05, 0) is 50.6 Å². The maximum atomic E-state index is 13.2. The van der Waals surface area contributed by atoms with Crippen LogP contribution in [0.4, 0.5) is 4.39 Å². The van der Waals surface area contributed by atoms with E-state index < -0.39 is 15.8 Å². The fourth-order valence-corrected chi connectivity index (χ4v) is 3.63. The van der Waals surface area contributed by atoms with E-state index in [1.807, 2.05) is 13.8 Å². The van der Waals surface area contributed by atoms with Crippen molar-refractivity contribution < 1.29 is 12.8 Å². The molecule has 0 aliphatic heterocycles. The second kappa shape index (κ2) is 6.45. The molecule has 0 spiro atoms. The van der Waals surface area contributed by atoms with Crippen LogP contribution in [-0.2, 0) is 10.0 Å². The molecule has 1 rings (SSSR count). The van der Waals surface area contributed by atoms with E-state index in [1.165, 1.54) is 12.1 Å². The van der Waals surface area contributed by atoms with Gasteiger partial charge in [-0.25, -0.2) is 17.5 Å². The molecule has 4 nitrogen and oxygen atoms in total. The minimum absolute atomic E-state index is 0.0424. The summed E-state index contributed by atoms with van der Waals surface area (Å²) in [5.74, 6) is -0.421. The Balaban J connectivity index is 2.95. The first-order chi connectivity index (χ1) is 8.77. The van der Waals surface area contributed by atoms with Crippen LogP contribution in [0.1, 0.15) is 25.0 Å². The van der Waals surface area contributed by atoms with Crippen molar-refractivity contribution in [3.05, 3.63) is 29.1 Å². The zero-order valence-corrected chi connectivity index (χ0v) is 12.6. The normalized spacial score (nSPS) is 13.5. The van der Waals surface area contributed by atoms with Crippen molar-refractivity contribution in [2.75, 3.05) is 13.1 Å². The summed E-state index contributed by atoms with van der Waals surface area (Å²) >= 11 is 0. The topological polar surface area (TPSA) is 58.2 Å². The van der Waals surface area contributed by atoms with E-state index in [0.29, 0.717) is 17.7 Å². The monoisotopic (exact) mass is 288 g/mol. The van der Waals surface area contributed by atoms with E-state index in [9.17, 15) is 12.8 Å². The summed E-state index contributed by atoms with van der Waals surface area (Å²) in [6, 6.07) is 2.51. The number of nitrogens with one attached hydrogen (secondary N) is 2. The highest BCUT2D eigenvalue weighted by Crippen LogP contribution is 2.21. The van der Waals surface area contributed by atoms with Crippen molar-refractivity contribution in [3.8, 4) is 0 Å². The van der Waals surface area contributed by atoms with E-state index in [0.717, 1.165) is 6.54 Å². The molecule has 0 radical (unpaired) electrons. The lowest BCUT2D eigenvalue weighted by Gasteiger charge is -2.16. The standard InChI is InChI=1S/C13H21FN2O2S/c1-5-15-11(4)8-16-19(17,18)13-9(2)6-12(14)7-10(13)3/h6-7,11,15-16H,5,8H2,1-4H3/t11-/m1/s1. The van der Waals surface area contributed by atoms with Gasteiger partial charge in [-0.1, -0.05) is 6.92 Å². The highest BCUT2D eigenvalue weighted by molar-refractivity contribution is 7.89. The number of likely N-dealkylation sites (N-methyl/N-ethyl adjacent to an activating group) is 1. The lowest BCUT2D eigenvalue weighted by atomic mass is 10.1. The van der Waals surface area contributed by atoms with Gasteiger partial charge in [0.25, 0.3) is 0 Å². The Kier molecular flexibility index (Phi) is 5.46. The Morgan fingerprint density at radius 3 is 2.26 bits per heavy atom. The van der Waals surface area contributed by atoms with E-state index in [4.69, 9.17) is 0 Å². The van der Waals surface area contributed by atoms with Crippen LogP contribution < -0.4 is 10.0 Å². The average Bonchev–Trinajstić information content (AvgIpc) is 2.25. The van der Waals surface area contributed by atoms with E-state index >= 15 is 0 Å². The molecule has 1 atom stereocenters. The fraction of sp³-hybridized carbons (Fsp3) is 0.538. The fourth-order valence-electron chi connectivity index (χ4n) is 2.05. The van der Waals surface area contributed by atoms with Crippen molar-refractivity contribution in [3.63, 3.8) is 0 Å². The summed E-state index contributed by atoms with van der Waals surface area (Å²) in [6.07, 6.45) is 0.